The topological polar surface area (TPSA) is 61.8 Å². The molecular weight excluding hydrogens is 669 g/mol. The smallest absolute Gasteiger partial charge is 0.306 e. The van der Waals surface area contributed by atoms with E-state index in [-0.39, 0.29) is 25.2 Å². The van der Waals surface area contributed by atoms with Gasteiger partial charge in [0.1, 0.15) is 6.61 Å². The molecule has 0 spiro atoms. The third-order valence-corrected chi connectivity index (χ3v) is 8.93. The first-order valence-corrected chi connectivity index (χ1v) is 22.1. The highest BCUT2D eigenvalue weighted by atomic mass is 16.6. The Bertz CT molecular complexity index is 1030. The number of hydrogen-bond acceptors (Lipinski definition) is 5. The molecule has 308 valence electrons. The number of allylic oxidation sites excluding steroid dienone is 14. The molecule has 0 rings (SSSR count). The van der Waals surface area contributed by atoms with Crippen molar-refractivity contribution in [2.24, 2.45) is 0 Å². The lowest BCUT2D eigenvalue weighted by atomic mass is 10.1. The number of ether oxygens (including phenoxy) is 3. The fraction of sp³-hybridized carbons (Fsp3) is 0.673. The zero-order chi connectivity index (χ0) is 39.3. The lowest BCUT2D eigenvalue weighted by Crippen LogP contribution is -2.30. The quantitative estimate of drug-likeness (QED) is 0.0356. The number of rotatable bonds is 39. The van der Waals surface area contributed by atoms with Gasteiger partial charge in [-0.05, 0) is 89.9 Å². The maximum Gasteiger partial charge on any atom is 0.306 e. The van der Waals surface area contributed by atoms with Gasteiger partial charge in [0.05, 0.1) is 6.61 Å². The molecule has 0 N–H and O–H groups in total. The summed E-state index contributed by atoms with van der Waals surface area (Å²) < 4.78 is 17.2. The van der Waals surface area contributed by atoms with E-state index >= 15 is 0 Å². The van der Waals surface area contributed by atoms with Gasteiger partial charge in [-0.25, -0.2) is 0 Å². The van der Waals surface area contributed by atoms with Crippen LogP contribution in [0.1, 0.15) is 188 Å². The minimum absolute atomic E-state index is 0.0599. The first-order chi connectivity index (χ1) is 26.6. The molecule has 0 heterocycles. The van der Waals surface area contributed by atoms with Crippen LogP contribution in [0.3, 0.4) is 0 Å². The summed E-state index contributed by atoms with van der Waals surface area (Å²) in [7, 11) is 0. The third-order valence-electron chi connectivity index (χ3n) is 8.93. The fourth-order valence-electron chi connectivity index (χ4n) is 5.69. The van der Waals surface area contributed by atoms with E-state index in [1.807, 2.05) is 0 Å². The van der Waals surface area contributed by atoms with Crippen LogP contribution in [0, 0.1) is 0 Å². The molecule has 0 saturated carbocycles. The van der Waals surface area contributed by atoms with Crippen LogP contribution in [0.2, 0.25) is 0 Å². The van der Waals surface area contributed by atoms with Crippen LogP contribution in [0.15, 0.2) is 85.1 Å². The van der Waals surface area contributed by atoms with Crippen molar-refractivity contribution in [1.82, 2.24) is 0 Å². The van der Waals surface area contributed by atoms with Crippen molar-refractivity contribution in [1.29, 1.82) is 0 Å². The SMILES string of the molecule is CC/C=C\C/C=C\C/C=C\C/C=C\CCCCCOCC(COC(=O)CCCCCCC/C=C\C/C=C\C/C=C\CC)OC(=O)CCCCCCCCC. The van der Waals surface area contributed by atoms with Crippen LogP contribution in [-0.4, -0.2) is 37.9 Å². The molecular formula is C49H82O5. The largest absolute Gasteiger partial charge is 0.462 e. The lowest BCUT2D eigenvalue weighted by molar-refractivity contribution is -0.163. The van der Waals surface area contributed by atoms with Crippen molar-refractivity contribution in [2.75, 3.05) is 19.8 Å². The zero-order valence-electron chi connectivity index (χ0n) is 35.2. The second-order valence-corrected chi connectivity index (χ2v) is 14.2. The summed E-state index contributed by atoms with van der Waals surface area (Å²) in [5.41, 5.74) is 0. The van der Waals surface area contributed by atoms with Gasteiger partial charge in [-0.3, -0.25) is 9.59 Å². The van der Waals surface area contributed by atoms with Crippen LogP contribution in [0.4, 0.5) is 0 Å². The molecule has 0 aromatic rings. The summed E-state index contributed by atoms with van der Waals surface area (Å²) in [6.07, 6.45) is 57.4. The highest BCUT2D eigenvalue weighted by Crippen LogP contribution is 2.12. The Balaban J connectivity index is 4.27. The maximum absolute atomic E-state index is 12.6. The van der Waals surface area contributed by atoms with Crippen molar-refractivity contribution >= 4 is 11.9 Å². The van der Waals surface area contributed by atoms with Crippen molar-refractivity contribution in [3.8, 4) is 0 Å². The fourth-order valence-corrected chi connectivity index (χ4v) is 5.69. The number of unbranched alkanes of at least 4 members (excludes halogenated alkanes) is 14. The molecule has 5 heteroatoms. The molecule has 0 saturated heterocycles. The van der Waals surface area contributed by atoms with Gasteiger partial charge >= 0.3 is 11.9 Å². The summed E-state index contributed by atoms with van der Waals surface area (Å²) in [5.74, 6) is -0.447. The van der Waals surface area contributed by atoms with Gasteiger partial charge in [-0.15, -0.1) is 0 Å². The normalized spacial score (nSPS) is 13.0. The van der Waals surface area contributed by atoms with Crippen molar-refractivity contribution in [2.45, 2.75) is 194 Å². The van der Waals surface area contributed by atoms with Crippen LogP contribution in [0.25, 0.3) is 0 Å². The van der Waals surface area contributed by atoms with Crippen molar-refractivity contribution in [3.63, 3.8) is 0 Å². The molecule has 0 aliphatic heterocycles. The van der Waals surface area contributed by atoms with E-state index in [2.05, 4.69) is 106 Å². The lowest BCUT2D eigenvalue weighted by Gasteiger charge is -2.18. The van der Waals surface area contributed by atoms with Gasteiger partial charge in [0.25, 0.3) is 0 Å². The number of carbonyl (C=O) groups is 2. The molecule has 1 atom stereocenters. The molecule has 0 bridgehead atoms. The van der Waals surface area contributed by atoms with E-state index in [4.69, 9.17) is 14.2 Å². The molecule has 5 nitrogen and oxygen atoms in total. The Morgan fingerprint density at radius 1 is 0.426 bits per heavy atom. The monoisotopic (exact) mass is 751 g/mol. The minimum atomic E-state index is -0.559. The second-order valence-electron chi connectivity index (χ2n) is 14.2. The van der Waals surface area contributed by atoms with E-state index in [9.17, 15) is 9.59 Å². The Morgan fingerprint density at radius 2 is 0.833 bits per heavy atom. The van der Waals surface area contributed by atoms with E-state index in [0.29, 0.717) is 19.4 Å². The van der Waals surface area contributed by atoms with Crippen molar-refractivity contribution < 1.29 is 23.8 Å². The Hall–Kier alpha value is -2.92. The van der Waals surface area contributed by atoms with Gasteiger partial charge < -0.3 is 14.2 Å². The molecule has 0 fully saturated rings. The molecule has 0 aliphatic rings. The standard InChI is InChI=1S/C49H82O5/c1-4-7-10-13-16-18-20-22-24-26-28-30-32-35-38-41-44-52-45-47(54-49(51)43-40-37-33-15-12-9-6-3)46-53-48(50)42-39-36-34-31-29-27-25-23-21-19-17-14-11-8-5-2/h7-8,10-11,16-19,22-25,28,30,47H,4-6,9,12-15,20-21,26-27,29,31-46H2,1-3H3/b10-7-,11-8-,18-16-,19-17-,24-22-,25-23-,30-28-. The van der Waals surface area contributed by atoms with E-state index in [1.54, 1.807) is 0 Å². The Labute approximate surface area is 333 Å². The predicted molar refractivity (Wildman–Crippen MR) is 233 cm³/mol. The first-order valence-electron chi connectivity index (χ1n) is 22.1. The third kappa shape index (κ3) is 41.8. The van der Waals surface area contributed by atoms with Gasteiger partial charge in [-0.1, -0.05) is 170 Å². The van der Waals surface area contributed by atoms with Gasteiger partial charge in [0, 0.05) is 19.4 Å². The Kier molecular flexibility index (Phi) is 42.1. The predicted octanol–water partition coefficient (Wildman–Crippen LogP) is 14.6. The molecule has 54 heavy (non-hydrogen) atoms. The summed E-state index contributed by atoms with van der Waals surface area (Å²) in [5, 5.41) is 0. The Morgan fingerprint density at radius 3 is 1.33 bits per heavy atom. The van der Waals surface area contributed by atoms with E-state index in [1.165, 1.54) is 38.5 Å². The molecule has 0 amide bonds. The number of carbonyl (C=O) groups excluding carboxylic acids is 2. The van der Waals surface area contributed by atoms with Gasteiger partial charge in [0.15, 0.2) is 6.10 Å². The van der Waals surface area contributed by atoms with Gasteiger partial charge in [0.2, 0.25) is 0 Å². The minimum Gasteiger partial charge on any atom is -0.462 e. The molecule has 0 aromatic carbocycles. The van der Waals surface area contributed by atoms with E-state index in [0.717, 1.165) is 116 Å². The first kappa shape index (κ1) is 51.1. The summed E-state index contributed by atoms with van der Waals surface area (Å²) in [6.45, 7) is 7.46. The van der Waals surface area contributed by atoms with Crippen LogP contribution >= 0.6 is 0 Å². The summed E-state index contributed by atoms with van der Waals surface area (Å²) in [6, 6.07) is 0. The average molecular weight is 751 g/mol. The molecule has 1 unspecified atom stereocenters. The number of esters is 2. The summed E-state index contributed by atoms with van der Waals surface area (Å²) >= 11 is 0. The second kappa shape index (κ2) is 44.5. The number of hydrogen-bond donors (Lipinski definition) is 0. The zero-order valence-corrected chi connectivity index (χ0v) is 35.2. The molecule has 0 aliphatic carbocycles. The summed E-state index contributed by atoms with van der Waals surface area (Å²) in [4.78, 5) is 25.1. The van der Waals surface area contributed by atoms with Crippen LogP contribution < -0.4 is 0 Å². The molecule has 0 radical (unpaired) electrons. The van der Waals surface area contributed by atoms with E-state index < -0.39 is 6.10 Å². The highest BCUT2D eigenvalue weighted by molar-refractivity contribution is 5.70. The highest BCUT2D eigenvalue weighted by Gasteiger charge is 2.17. The van der Waals surface area contributed by atoms with Crippen LogP contribution in [0.5, 0.6) is 0 Å². The van der Waals surface area contributed by atoms with Gasteiger partial charge in [-0.2, -0.15) is 0 Å². The average Bonchev–Trinajstić information content (AvgIpc) is 3.17. The van der Waals surface area contributed by atoms with Crippen molar-refractivity contribution in [3.05, 3.63) is 85.1 Å². The molecule has 0 aromatic heterocycles. The van der Waals surface area contributed by atoms with Crippen LogP contribution in [-0.2, 0) is 23.8 Å². The maximum atomic E-state index is 12.6.